The van der Waals surface area contributed by atoms with Crippen LogP contribution in [0.25, 0.3) is 0 Å². The molecular weight excluding hydrogens is 322 g/mol. The van der Waals surface area contributed by atoms with Gasteiger partial charge in [-0.25, -0.2) is 0 Å². The van der Waals surface area contributed by atoms with Crippen LogP contribution in [0.3, 0.4) is 0 Å². The number of carbonyl (C=O) groups excluding carboxylic acids is 1. The summed E-state index contributed by atoms with van der Waals surface area (Å²) in [5.41, 5.74) is 5.59. The number of hydrogen-bond acceptors (Lipinski definition) is 3. The summed E-state index contributed by atoms with van der Waals surface area (Å²) in [6, 6.07) is 14.4. The van der Waals surface area contributed by atoms with E-state index in [0.29, 0.717) is 0 Å². The molecule has 0 aromatic heterocycles. The molecule has 1 aliphatic heterocycles. The van der Waals surface area contributed by atoms with E-state index in [0.717, 1.165) is 50.3 Å². The molecule has 0 atom stereocenters. The zero-order valence-corrected chi connectivity index (χ0v) is 15.5. The third-order valence-corrected chi connectivity index (χ3v) is 5.60. The molecule has 4 heteroatoms. The van der Waals surface area contributed by atoms with E-state index < -0.39 is 0 Å². The van der Waals surface area contributed by atoms with Gasteiger partial charge in [-0.3, -0.25) is 4.79 Å². The quantitative estimate of drug-likeness (QED) is 0.920. The summed E-state index contributed by atoms with van der Waals surface area (Å²) in [7, 11) is 2.16. The SMILES string of the molecule is CN1CCN(c2ccc(NC(=O)c3ccc4c(c3)CCCC4)cc2)CC1. The van der Waals surface area contributed by atoms with Crippen molar-refractivity contribution in [3.05, 3.63) is 59.2 Å². The minimum Gasteiger partial charge on any atom is -0.369 e. The minimum atomic E-state index is -0.0225. The van der Waals surface area contributed by atoms with Gasteiger partial charge in [0.25, 0.3) is 5.91 Å². The Kier molecular flexibility index (Phi) is 4.93. The van der Waals surface area contributed by atoms with Crippen molar-refractivity contribution in [2.75, 3.05) is 43.4 Å². The second-order valence-corrected chi connectivity index (χ2v) is 7.48. The number of hydrogen-bond donors (Lipinski definition) is 1. The van der Waals surface area contributed by atoms with Crippen LogP contribution < -0.4 is 10.2 Å². The lowest BCUT2D eigenvalue weighted by molar-refractivity contribution is 0.102. The molecule has 26 heavy (non-hydrogen) atoms. The maximum atomic E-state index is 12.6. The summed E-state index contributed by atoms with van der Waals surface area (Å²) >= 11 is 0. The first-order valence-electron chi connectivity index (χ1n) is 9.66. The Labute approximate surface area is 155 Å². The molecule has 4 nitrogen and oxygen atoms in total. The van der Waals surface area contributed by atoms with E-state index in [1.807, 2.05) is 18.2 Å². The largest absolute Gasteiger partial charge is 0.369 e. The standard InChI is InChI=1S/C22H27N3O/c1-24-12-14-25(15-13-24)21-10-8-20(9-11-21)23-22(26)19-7-6-17-4-2-3-5-18(17)16-19/h6-11,16H,2-5,12-15H2,1H3,(H,23,26). The molecule has 2 aromatic carbocycles. The summed E-state index contributed by atoms with van der Waals surface area (Å²) in [4.78, 5) is 17.3. The highest BCUT2D eigenvalue weighted by atomic mass is 16.1. The molecule has 0 unspecified atom stereocenters. The third kappa shape index (κ3) is 3.75. The lowest BCUT2D eigenvalue weighted by atomic mass is 9.90. The number of aryl methyl sites for hydroxylation is 2. The van der Waals surface area contributed by atoms with E-state index in [-0.39, 0.29) is 5.91 Å². The normalized spacial score (nSPS) is 17.7. The van der Waals surface area contributed by atoms with Crippen molar-refractivity contribution in [1.29, 1.82) is 0 Å². The lowest BCUT2D eigenvalue weighted by Crippen LogP contribution is -2.44. The van der Waals surface area contributed by atoms with Crippen molar-refractivity contribution in [1.82, 2.24) is 4.90 Å². The molecule has 2 aromatic rings. The van der Waals surface area contributed by atoms with Crippen LogP contribution in [0.2, 0.25) is 0 Å². The van der Waals surface area contributed by atoms with Crippen molar-refractivity contribution >= 4 is 17.3 Å². The van der Waals surface area contributed by atoms with E-state index in [2.05, 4.69) is 46.4 Å². The Morgan fingerprint density at radius 3 is 2.31 bits per heavy atom. The number of amides is 1. The van der Waals surface area contributed by atoms with Gasteiger partial charge in [-0.1, -0.05) is 6.07 Å². The van der Waals surface area contributed by atoms with Crippen LogP contribution in [0.15, 0.2) is 42.5 Å². The number of anilines is 2. The molecule has 1 aliphatic carbocycles. The van der Waals surface area contributed by atoms with Gasteiger partial charge in [0.15, 0.2) is 0 Å². The van der Waals surface area contributed by atoms with Crippen molar-refractivity contribution in [3.63, 3.8) is 0 Å². The van der Waals surface area contributed by atoms with Gasteiger partial charge in [0, 0.05) is 43.1 Å². The second-order valence-electron chi connectivity index (χ2n) is 7.48. The molecule has 0 radical (unpaired) electrons. The topological polar surface area (TPSA) is 35.6 Å². The van der Waals surface area contributed by atoms with Crippen LogP contribution in [0.4, 0.5) is 11.4 Å². The van der Waals surface area contributed by atoms with Gasteiger partial charge in [-0.05, 0) is 80.3 Å². The Balaban J connectivity index is 1.41. The van der Waals surface area contributed by atoms with Gasteiger partial charge in [-0.15, -0.1) is 0 Å². The summed E-state index contributed by atoms with van der Waals surface area (Å²) in [6.07, 6.45) is 4.73. The third-order valence-electron chi connectivity index (χ3n) is 5.60. The first-order chi connectivity index (χ1) is 12.7. The van der Waals surface area contributed by atoms with Crippen LogP contribution >= 0.6 is 0 Å². The summed E-state index contributed by atoms with van der Waals surface area (Å²) < 4.78 is 0. The Hall–Kier alpha value is -2.33. The zero-order valence-electron chi connectivity index (χ0n) is 15.5. The van der Waals surface area contributed by atoms with E-state index in [1.165, 1.54) is 29.7 Å². The highest BCUT2D eigenvalue weighted by molar-refractivity contribution is 6.04. The Morgan fingerprint density at radius 2 is 1.58 bits per heavy atom. The second kappa shape index (κ2) is 7.50. The lowest BCUT2D eigenvalue weighted by Gasteiger charge is -2.34. The zero-order chi connectivity index (χ0) is 17.9. The highest BCUT2D eigenvalue weighted by Gasteiger charge is 2.15. The average molecular weight is 349 g/mol. The van der Waals surface area contributed by atoms with Crippen molar-refractivity contribution in [2.45, 2.75) is 25.7 Å². The molecule has 0 bridgehead atoms. The molecule has 1 saturated heterocycles. The van der Waals surface area contributed by atoms with E-state index in [9.17, 15) is 4.79 Å². The molecule has 1 amide bonds. The fraction of sp³-hybridized carbons (Fsp3) is 0.409. The van der Waals surface area contributed by atoms with Crippen LogP contribution in [0.5, 0.6) is 0 Å². The maximum absolute atomic E-state index is 12.6. The van der Waals surface area contributed by atoms with E-state index in [4.69, 9.17) is 0 Å². The Bertz CT molecular complexity index is 776. The summed E-state index contributed by atoms with van der Waals surface area (Å²) in [5, 5.41) is 3.04. The number of benzene rings is 2. The summed E-state index contributed by atoms with van der Waals surface area (Å²) in [6.45, 7) is 4.29. The van der Waals surface area contributed by atoms with Gasteiger partial charge in [0.05, 0.1) is 0 Å². The van der Waals surface area contributed by atoms with Gasteiger partial charge in [-0.2, -0.15) is 0 Å². The molecule has 0 saturated carbocycles. The fourth-order valence-electron chi connectivity index (χ4n) is 3.90. The predicted molar refractivity (Wildman–Crippen MR) is 107 cm³/mol. The number of nitrogens with zero attached hydrogens (tertiary/aromatic N) is 2. The van der Waals surface area contributed by atoms with Crippen molar-refractivity contribution in [2.24, 2.45) is 0 Å². The smallest absolute Gasteiger partial charge is 0.255 e. The molecule has 1 N–H and O–H groups in total. The van der Waals surface area contributed by atoms with Crippen LogP contribution in [0.1, 0.15) is 34.3 Å². The van der Waals surface area contributed by atoms with Crippen molar-refractivity contribution in [3.8, 4) is 0 Å². The Morgan fingerprint density at radius 1 is 0.885 bits per heavy atom. The number of piperazine rings is 1. The van der Waals surface area contributed by atoms with E-state index in [1.54, 1.807) is 0 Å². The molecule has 0 spiro atoms. The number of nitrogens with one attached hydrogen (secondary N) is 1. The van der Waals surface area contributed by atoms with Gasteiger partial charge < -0.3 is 15.1 Å². The average Bonchev–Trinajstić information content (AvgIpc) is 2.69. The predicted octanol–water partition coefficient (Wildman–Crippen LogP) is 3.57. The maximum Gasteiger partial charge on any atom is 0.255 e. The van der Waals surface area contributed by atoms with Crippen LogP contribution in [0, 0.1) is 0 Å². The fourth-order valence-corrected chi connectivity index (χ4v) is 3.90. The van der Waals surface area contributed by atoms with E-state index >= 15 is 0 Å². The molecular formula is C22H27N3O. The van der Waals surface area contributed by atoms with Gasteiger partial charge >= 0.3 is 0 Å². The number of carbonyl (C=O) groups is 1. The van der Waals surface area contributed by atoms with Gasteiger partial charge in [0.2, 0.25) is 0 Å². The van der Waals surface area contributed by atoms with Gasteiger partial charge in [0.1, 0.15) is 0 Å². The number of likely N-dealkylation sites (N-methyl/N-ethyl adjacent to an activating group) is 1. The highest BCUT2D eigenvalue weighted by Crippen LogP contribution is 2.23. The number of fused-ring (bicyclic) bond motifs is 1. The van der Waals surface area contributed by atoms with Crippen LogP contribution in [-0.4, -0.2) is 44.0 Å². The molecule has 1 fully saturated rings. The molecule has 2 aliphatic rings. The first kappa shape index (κ1) is 17.1. The molecule has 4 rings (SSSR count). The summed E-state index contributed by atoms with van der Waals surface area (Å²) in [5.74, 6) is -0.0225. The van der Waals surface area contributed by atoms with Crippen LogP contribution in [-0.2, 0) is 12.8 Å². The monoisotopic (exact) mass is 349 g/mol. The molecule has 136 valence electrons. The first-order valence-corrected chi connectivity index (χ1v) is 9.66. The minimum absolute atomic E-state index is 0.0225. The molecule has 1 heterocycles. The van der Waals surface area contributed by atoms with Crippen molar-refractivity contribution < 1.29 is 4.79 Å². The number of rotatable bonds is 3.